The molecule has 150 valence electrons. The quantitative estimate of drug-likeness (QED) is 0.787. The van der Waals surface area contributed by atoms with Gasteiger partial charge in [-0.3, -0.25) is 4.79 Å². The van der Waals surface area contributed by atoms with Gasteiger partial charge in [-0.15, -0.1) is 0 Å². The van der Waals surface area contributed by atoms with E-state index in [2.05, 4.69) is 20.2 Å². The summed E-state index contributed by atoms with van der Waals surface area (Å²) in [6.07, 6.45) is 0.863. The third-order valence-corrected chi connectivity index (χ3v) is 4.74. The highest BCUT2D eigenvalue weighted by atomic mass is 35.5. The molecule has 0 aliphatic carbocycles. The molecule has 9 heteroatoms. The average molecular weight is 406 g/mol. The molecule has 1 aromatic heterocycles. The summed E-state index contributed by atoms with van der Waals surface area (Å²) in [5, 5.41) is 3.29. The first-order chi connectivity index (χ1) is 13.5. The predicted molar refractivity (Wildman–Crippen MR) is 109 cm³/mol. The number of anilines is 3. The second-order valence-corrected chi connectivity index (χ2v) is 6.99. The van der Waals surface area contributed by atoms with Crippen LogP contribution in [0.2, 0.25) is 5.02 Å². The second kappa shape index (κ2) is 9.18. The third-order valence-electron chi connectivity index (χ3n) is 4.41. The monoisotopic (exact) mass is 405 g/mol. The Bertz CT molecular complexity index is 828. The number of rotatable bonds is 5. The first kappa shape index (κ1) is 20.3. The molecule has 1 aliphatic heterocycles. The van der Waals surface area contributed by atoms with Gasteiger partial charge in [-0.25, -0.2) is 4.98 Å². The Morgan fingerprint density at radius 1 is 1.43 bits per heavy atom. The Balaban J connectivity index is 1.90. The van der Waals surface area contributed by atoms with Crippen LogP contribution in [-0.4, -0.2) is 49.4 Å². The number of carbonyl (C=O) groups is 1. The molecule has 0 radical (unpaired) electrons. The zero-order chi connectivity index (χ0) is 20.1. The van der Waals surface area contributed by atoms with Crippen LogP contribution >= 0.6 is 11.6 Å². The molecule has 2 aromatic rings. The fraction of sp³-hybridized carbons (Fsp3) is 0.421. The molecule has 28 heavy (non-hydrogen) atoms. The first-order valence-electron chi connectivity index (χ1n) is 9.01. The van der Waals surface area contributed by atoms with Crippen molar-refractivity contribution in [1.82, 2.24) is 9.97 Å². The van der Waals surface area contributed by atoms with E-state index in [1.54, 1.807) is 6.07 Å². The Morgan fingerprint density at radius 2 is 2.25 bits per heavy atom. The highest BCUT2D eigenvalue weighted by molar-refractivity contribution is 6.31. The topological polar surface area (TPSA) is 103 Å². The molecule has 0 saturated carbocycles. The molecule has 1 aromatic carbocycles. The van der Waals surface area contributed by atoms with Crippen LogP contribution in [0.1, 0.15) is 23.7 Å². The predicted octanol–water partition coefficient (Wildman–Crippen LogP) is 2.57. The number of hydrogen-bond acceptors (Lipinski definition) is 7. The zero-order valence-corrected chi connectivity index (χ0v) is 16.7. The van der Waals surface area contributed by atoms with Crippen LogP contribution in [0.25, 0.3) is 0 Å². The molecular formula is C19H24ClN5O3. The van der Waals surface area contributed by atoms with Gasteiger partial charge in [0.15, 0.2) is 0 Å². The number of nitrogens with zero attached hydrogens (tertiary/aromatic N) is 3. The van der Waals surface area contributed by atoms with Crippen LogP contribution in [0, 0.1) is 6.92 Å². The summed E-state index contributed by atoms with van der Waals surface area (Å²) in [5.74, 6) is 0.743. The van der Waals surface area contributed by atoms with Gasteiger partial charge in [0.25, 0.3) is 0 Å². The van der Waals surface area contributed by atoms with Crippen molar-refractivity contribution in [3.05, 3.63) is 40.5 Å². The van der Waals surface area contributed by atoms with Gasteiger partial charge in [0, 0.05) is 42.7 Å². The van der Waals surface area contributed by atoms with Crippen molar-refractivity contribution in [1.29, 1.82) is 0 Å². The highest BCUT2D eigenvalue weighted by Crippen LogP contribution is 2.34. The number of nitrogens with one attached hydrogen (secondary N) is 1. The van der Waals surface area contributed by atoms with Crippen LogP contribution in [0.4, 0.5) is 17.5 Å². The minimum atomic E-state index is -0.238. The maximum atomic E-state index is 11.7. The average Bonchev–Trinajstić information content (AvgIpc) is 2.87. The number of nitrogens with two attached hydrogens (primary N) is 1. The normalized spacial score (nSPS) is 17.2. The van der Waals surface area contributed by atoms with Gasteiger partial charge in [0.1, 0.15) is 12.4 Å². The smallest absolute Gasteiger partial charge is 0.250 e. The number of methoxy groups -OCH3 is 1. The molecule has 1 amide bonds. The van der Waals surface area contributed by atoms with Crippen molar-refractivity contribution in [2.24, 2.45) is 0 Å². The van der Waals surface area contributed by atoms with Crippen molar-refractivity contribution < 1.29 is 14.3 Å². The number of hydrogen-bond donors (Lipinski definition) is 2. The SMILES string of the molecule is COCC(=O)Nc1ccc([C@@H]2COCCCN2c2cc(C)nc(N)n2)c(Cl)c1. The lowest BCUT2D eigenvalue weighted by molar-refractivity contribution is -0.119. The fourth-order valence-corrected chi connectivity index (χ4v) is 3.54. The maximum absolute atomic E-state index is 11.7. The van der Waals surface area contributed by atoms with Crippen molar-refractivity contribution in [3.8, 4) is 0 Å². The molecule has 0 spiro atoms. The molecule has 3 N–H and O–H groups in total. The summed E-state index contributed by atoms with van der Waals surface area (Å²) in [5.41, 5.74) is 8.16. The Hall–Kier alpha value is -2.42. The van der Waals surface area contributed by atoms with Crippen LogP contribution < -0.4 is 16.0 Å². The number of halogens is 1. The van der Waals surface area contributed by atoms with E-state index >= 15 is 0 Å². The number of amides is 1. The van der Waals surface area contributed by atoms with E-state index in [9.17, 15) is 4.79 Å². The van der Waals surface area contributed by atoms with E-state index in [1.165, 1.54) is 7.11 Å². The van der Waals surface area contributed by atoms with Gasteiger partial charge in [-0.1, -0.05) is 17.7 Å². The molecule has 8 nitrogen and oxygen atoms in total. The minimum absolute atomic E-state index is 0.0158. The molecular weight excluding hydrogens is 382 g/mol. The number of aryl methyl sites for hydroxylation is 1. The van der Waals surface area contributed by atoms with Crippen LogP contribution in [0.3, 0.4) is 0 Å². The van der Waals surface area contributed by atoms with E-state index in [4.69, 9.17) is 26.8 Å². The molecule has 0 bridgehead atoms. The highest BCUT2D eigenvalue weighted by Gasteiger charge is 2.27. The number of carbonyl (C=O) groups excluding carboxylic acids is 1. The lowest BCUT2D eigenvalue weighted by Crippen LogP contribution is -2.32. The summed E-state index contributed by atoms with van der Waals surface area (Å²) in [6.45, 7) is 3.75. The summed E-state index contributed by atoms with van der Waals surface area (Å²) in [7, 11) is 1.47. The van der Waals surface area contributed by atoms with Crippen molar-refractivity contribution in [2.75, 3.05) is 49.4 Å². The lowest BCUT2D eigenvalue weighted by Gasteiger charge is -2.31. The maximum Gasteiger partial charge on any atom is 0.250 e. The summed E-state index contributed by atoms with van der Waals surface area (Å²) < 4.78 is 10.6. The van der Waals surface area contributed by atoms with Gasteiger partial charge in [0.05, 0.1) is 12.6 Å². The van der Waals surface area contributed by atoms with E-state index in [-0.39, 0.29) is 24.5 Å². The van der Waals surface area contributed by atoms with Gasteiger partial charge in [-0.2, -0.15) is 4.98 Å². The largest absolute Gasteiger partial charge is 0.379 e. The van der Waals surface area contributed by atoms with Crippen molar-refractivity contribution >= 4 is 35.0 Å². The summed E-state index contributed by atoms with van der Waals surface area (Å²) >= 11 is 6.57. The summed E-state index contributed by atoms with van der Waals surface area (Å²) in [4.78, 5) is 22.4. The zero-order valence-electron chi connectivity index (χ0n) is 15.9. The molecule has 3 rings (SSSR count). The minimum Gasteiger partial charge on any atom is -0.379 e. The standard InChI is InChI=1S/C19H24ClN5O3/c1-12-8-17(24-19(21)22-12)25-6-3-7-28-10-16(25)14-5-4-13(9-15(14)20)23-18(26)11-27-2/h4-5,8-9,16H,3,6-7,10-11H2,1-2H3,(H,23,26)(H2,21,22,24)/t16-/m0/s1. The number of aromatic nitrogens is 2. The second-order valence-electron chi connectivity index (χ2n) is 6.58. The van der Waals surface area contributed by atoms with E-state index < -0.39 is 0 Å². The van der Waals surface area contributed by atoms with Gasteiger partial charge in [0.2, 0.25) is 11.9 Å². The fourth-order valence-electron chi connectivity index (χ4n) is 3.23. The van der Waals surface area contributed by atoms with E-state index in [0.29, 0.717) is 23.9 Å². The van der Waals surface area contributed by atoms with Crippen molar-refractivity contribution in [2.45, 2.75) is 19.4 Å². The first-order valence-corrected chi connectivity index (χ1v) is 9.39. The van der Waals surface area contributed by atoms with Crippen LogP contribution in [0.5, 0.6) is 0 Å². The van der Waals surface area contributed by atoms with Crippen LogP contribution in [0.15, 0.2) is 24.3 Å². The van der Waals surface area contributed by atoms with Crippen LogP contribution in [-0.2, 0) is 14.3 Å². The number of ether oxygens (including phenoxy) is 2. The van der Waals surface area contributed by atoms with E-state index in [0.717, 1.165) is 30.0 Å². The van der Waals surface area contributed by atoms with Crippen molar-refractivity contribution in [3.63, 3.8) is 0 Å². The third kappa shape index (κ3) is 4.89. The Morgan fingerprint density at radius 3 is 2.96 bits per heavy atom. The Labute approximate surface area is 169 Å². The molecule has 1 aliphatic rings. The van der Waals surface area contributed by atoms with Gasteiger partial charge >= 0.3 is 0 Å². The molecule has 1 saturated heterocycles. The Kier molecular flexibility index (Phi) is 6.66. The number of benzene rings is 1. The summed E-state index contributed by atoms with van der Waals surface area (Å²) in [6, 6.07) is 7.22. The molecule has 0 unspecified atom stereocenters. The molecule has 1 fully saturated rings. The van der Waals surface area contributed by atoms with E-state index in [1.807, 2.05) is 25.1 Å². The lowest BCUT2D eigenvalue weighted by atomic mass is 10.0. The molecule has 1 atom stereocenters. The number of nitrogen functional groups attached to an aromatic ring is 1. The van der Waals surface area contributed by atoms with Gasteiger partial charge < -0.3 is 25.4 Å². The molecule has 2 heterocycles. The van der Waals surface area contributed by atoms with Gasteiger partial charge in [-0.05, 0) is 31.0 Å².